The lowest BCUT2D eigenvalue weighted by Crippen LogP contribution is -2.44. The quantitative estimate of drug-likeness (QED) is 0.849. The van der Waals surface area contributed by atoms with Crippen molar-refractivity contribution in [2.75, 3.05) is 6.61 Å². The molecule has 0 aliphatic carbocycles. The summed E-state index contributed by atoms with van der Waals surface area (Å²) in [5.74, 6) is -0.810. The molecule has 3 atom stereocenters. The normalized spacial score (nSPS) is 22.1. The first kappa shape index (κ1) is 14.0. The van der Waals surface area contributed by atoms with Crippen LogP contribution in [0.25, 0.3) is 0 Å². The van der Waals surface area contributed by atoms with Crippen LogP contribution in [0.15, 0.2) is 24.3 Å². The summed E-state index contributed by atoms with van der Waals surface area (Å²) in [7, 11) is 0. The fourth-order valence-corrected chi connectivity index (χ4v) is 2.36. The van der Waals surface area contributed by atoms with Gasteiger partial charge in [-0.25, -0.2) is 4.39 Å². The number of rotatable bonds is 5. The molecule has 5 heteroatoms. The SMILES string of the molecule is CC(NC(C(N)=O)c1ccc(F)cc1)C1CCCO1. The van der Waals surface area contributed by atoms with Crippen molar-refractivity contribution in [1.82, 2.24) is 5.32 Å². The van der Waals surface area contributed by atoms with E-state index in [-0.39, 0.29) is 18.0 Å². The molecule has 4 nitrogen and oxygen atoms in total. The molecule has 1 amide bonds. The number of nitrogens with one attached hydrogen (secondary N) is 1. The number of hydrogen-bond donors (Lipinski definition) is 2. The van der Waals surface area contributed by atoms with Gasteiger partial charge in [-0.05, 0) is 37.5 Å². The average molecular weight is 266 g/mol. The summed E-state index contributed by atoms with van der Waals surface area (Å²) in [6.45, 7) is 2.73. The van der Waals surface area contributed by atoms with E-state index in [2.05, 4.69) is 5.32 Å². The highest BCUT2D eigenvalue weighted by atomic mass is 19.1. The van der Waals surface area contributed by atoms with E-state index in [1.54, 1.807) is 12.1 Å². The molecular weight excluding hydrogens is 247 g/mol. The molecule has 0 radical (unpaired) electrons. The second-order valence-corrected chi connectivity index (χ2v) is 4.89. The minimum Gasteiger partial charge on any atom is -0.377 e. The van der Waals surface area contributed by atoms with E-state index in [9.17, 15) is 9.18 Å². The van der Waals surface area contributed by atoms with E-state index in [1.807, 2.05) is 6.92 Å². The van der Waals surface area contributed by atoms with Gasteiger partial charge in [0.05, 0.1) is 6.10 Å². The van der Waals surface area contributed by atoms with Gasteiger partial charge < -0.3 is 10.5 Å². The van der Waals surface area contributed by atoms with Crippen molar-refractivity contribution in [2.45, 2.75) is 38.0 Å². The molecule has 1 aliphatic rings. The van der Waals surface area contributed by atoms with Gasteiger partial charge in [0.2, 0.25) is 5.91 Å². The van der Waals surface area contributed by atoms with Crippen LogP contribution >= 0.6 is 0 Å². The number of amides is 1. The standard InChI is InChI=1S/C14H19FN2O2/c1-9(12-3-2-8-19-12)17-13(14(16)18)10-4-6-11(15)7-5-10/h4-7,9,12-13,17H,2-3,8H2,1H3,(H2,16,18). The van der Waals surface area contributed by atoms with Crippen LogP contribution in [0.2, 0.25) is 0 Å². The third-order valence-electron chi connectivity index (χ3n) is 3.44. The van der Waals surface area contributed by atoms with Crippen molar-refractivity contribution in [3.63, 3.8) is 0 Å². The van der Waals surface area contributed by atoms with Gasteiger partial charge >= 0.3 is 0 Å². The molecule has 0 spiro atoms. The summed E-state index contributed by atoms with van der Waals surface area (Å²) >= 11 is 0. The Kier molecular flexibility index (Phi) is 4.50. The van der Waals surface area contributed by atoms with Crippen LogP contribution in [-0.2, 0) is 9.53 Å². The van der Waals surface area contributed by atoms with Gasteiger partial charge in [0.1, 0.15) is 11.9 Å². The summed E-state index contributed by atoms with van der Waals surface area (Å²) in [6, 6.07) is 5.18. The molecule has 0 bridgehead atoms. The summed E-state index contributed by atoms with van der Waals surface area (Å²) in [6.07, 6.45) is 2.11. The first-order chi connectivity index (χ1) is 9.08. The van der Waals surface area contributed by atoms with E-state index in [0.29, 0.717) is 5.56 Å². The molecule has 1 aromatic carbocycles. The third-order valence-corrected chi connectivity index (χ3v) is 3.44. The van der Waals surface area contributed by atoms with Gasteiger partial charge in [0, 0.05) is 12.6 Å². The molecule has 1 saturated heterocycles. The van der Waals surface area contributed by atoms with Crippen LogP contribution in [0.1, 0.15) is 31.4 Å². The molecule has 1 fully saturated rings. The molecule has 0 saturated carbocycles. The molecule has 2 rings (SSSR count). The Labute approximate surface area is 112 Å². The molecule has 0 aromatic heterocycles. The van der Waals surface area contributed by atoms with E-state index in [1.165, 1.54) is 12.1 Å². The molecule has 1 aromatic rings. The van der Waals surface area contributed by atoms with E-state index in [4.69, 9.17) is 10.5 Å². The van der Waals surface area contributed by atoms with Crippen molar-refractivity contribution >= 4 is 5.91 Å². The van der Waals surface area contributed by atoms with Gasteiger partial charge in [-0.2, -0.15) is 0 Å². The van der Waals surface area contributed by atoms with Crippen LogP contribution in [0.5, 0.6) is 0 Å². The van der Waals surface area contributed by atoms with Gasteiger partial charge in [0.15, 0.2) is 0 Å². The maximum atomic E-state index is 12.9. The van der Waals surface area contributed by atoms with Gasteiger partial charge in [-0.3, -0.25) is 10.1 Å². The summed E-state index contributed by atoms with van der Waals surface area (Å²) in [5, 5.41) is 3.17. The summed E-state index contributed by atoms with van der Waals surface area (Å²) in [4.78, 5) is 11.6. The van der Waals surface area contributed by atoms with Crippen LogP contribution in [0.3, 0.4) is 0 Å². The second-order valence-electron chi connectivity index (χ2n) is 4.89. The van der Waals surface area contributed by atoms with Crippen LogP contribution < -0.4 is 11.1 Å². The Balaban J connectivity index is 2.07. The Bertz CT molecular complexity index is 430. The van der Waals surface area contributed by atoms with Crippen molar-refractivity contribution in [2.24, 2.45) is 5.73 Å². The van der Waals surface area contributed by atoms with Crippen LogP contribution in [0.4, 0.5) is 4.39 Å². The second kappa shape index (κ2) is 6.12. The van der Waals surface area contributed by atoms with Crippen LogP contribution in [0, 0.1) is 5.82 Å². The maximum Gasteiger partial charge on any atom is 0.239 e. The van der Waals surface area contributed by atoms with E-state index >= 15 is 0 Å². The number of halogens is 1. The lowest BCUT2D eigenvalue weighted by atomic mass is 10.0. The Morgan fingerprint density at radius 3 is 2.68 bits per heavy atom. The number of carbonyl (C=O) groups excluding carboxylic acids is 1. The zero-order valence-corrected chi connectivity index (χ0v) is 10.9. The minimum atomic E-state index is -0.625. The van der Waals surface area contributed by atoms with Crippen molar-refractivity contribution in [3.05, 3.63) is 35.6 Å². The molecule has 3 N–H and O–H groups in total. The zero-order chi connectivity index (χ0) is 13.8. The van der Waals surface area contributed by atoms with E-state index in [0.717, 1.165) is 19.4 Å². The monoisotopic (exact) mass is 266 g/mol. The first-order valence-corrected chi connectivity index (χ1v) is 6.50. The van der Waals surface area contributed by atoms with E-state index < -0.39 is 11.9 Å². The van der Waals surface area contributed by atoms with Gasteiger partial charge in [0.25, 0.3) is 0 Å². The smallest absolute Gasteiger partial charge is 0.239 e. The predicted molar refractivity (Wildman–Crippen MR) is 69.9 cm³/mol. The fraction of sp³-hybridized carbons (Fsp3) is 0.500. The fourth-order valence-electron chi connectivity index (χ4n) is 2.36. The number of carbonyl (C=O) groups is 1. The average Bonchev–Trinajstić information content (AvgIpc) is 2.90. The number of hydrogen-bond acceptors (Lipinski definition) is 3. The Morgan fingerprint density at radius 2 is 2.16 bits per heavy atom. The molecule has 3 unspecified atom stereocenters. The third kappa shape index (κ3) is 3.52. The topological polar surface area (TPSA) is 64.3 Å². The van der Waals surface area contributed by atoms with Crippen molar-refractivity contribution < 1.29 is 13.9 Å². The molecular formula is C14H19FN2O2. The van der Waals surface area contributed by atoms with Crippen molar-refractivity contribution in [1.29, 1.82) is 0 Å². The van der Waals surface area contributed by atoms with Crippen molar-refractivity contribution in [3.8, 4) is 0 Å². The number of nitrogens with two attached hydrogens (primary N) is 1. The minimum absolute atomic E-state index is 0.0186. The Morgan fingerprint density at radius 1 is 1.47 bits per heavy atom. The number of benzene rings is 1. The van der Waals surface area contributed by atoms with Gasteiger partial charge in [-0.15, -0.1) is 0 Å². The zero-order valence-electron chi connectivity index (χ0n) is 10.9. The van der Waals surface area contributed by atoms with Gasteiger partial charge in [-0.1, -0.05) is 12.1 Å². The predicted octanol–water partition coefficient (Wildman–Crippen LogP) is 1.51. The lowest BCUT2D eigenvalue weighted by molar-refractivity contribution is -0.120. The molecule has 19 heavy (non-hydrogen) atoms. The molecule has 1 heterocycles. The lowest BCUT2D eigenvalue weighted by Gasteiger charge is -2.25. The van der Waals surface area contributed by atoms with Crippen LogP contribution in [-0.4, -0.2) is 24.7 Å². The summed E-state index contributed by atoms with van der Waals surface area (Å²) in [5.41, 5.74) is 6.08. The summed E-state index contributed by atoms with van der Waals surface area (Å²) < 4.78 is 18.5. The maximum absolute atomic E-state index is 12.9. The highest BCUT2D eigenvalue weighted by molar-refractivity contribution is 5.81. The highest BCUT2D eigenvalue weighted by Gasteiger charge is 2.27. The molecule has 1 aliphatic heterocycles. The highest BCUT2D eigenvalue weighted by Crippen LogP contribution is 2.19. The largest absolute Gasteiger partial charge is 0.377 e. The molecule has 104 valence electrons. The number of primary amides is 1. The Hall–Kier alpha value is -1.46. The first-order valence-electron chi connectivity index (χ1n) is 6.50. The number of ether oxygens (including phenoxy) is 1.